The number of aromatic nitrogens is 12. The van der Waals surface area contributed by atoms with Crippen LogP contribution in [-0.2, 0) is 96.6 Å². The van der Waals surface area contributed by atoms with Crippen LogP contribution in [0.25, 0.3) is 67.8 Å². The molecule has 0 saturated carbocycles. The van der Waals surface area contributed by atoms with Crippen molar-refractivity contribution in [2.45, 2.75) is 119 Å². The number of anilines is 1. The van der Waals surface area contributed by atoms with Gasteiger partial charge in [0.05, 0.1) is 101 Å². The summed E-state index contributed by atoms with van der Waals surface area (Å²) in [5.41, 5.74) is 23.0. The maximum atomic E-state index is 13.5. The van der Waals surface area contributed by atoms with Gasteiger partial charge in [-0.15, -0.1) is 34.0 Å². The van der Waals surface area contributed by atoms with E-state index >= 15 is 0 Å². The molecule has 0 spiro atoms. The van der Waals surface area contributed by atoms with Crippen LogP contribution in [0.15, 0.2) is 223 Å². The topological polar surface area (TPSA) is 243 Å². The highest BCUT2D eigenvalue weighted by molar-refractivity contribution is 7.15. The van der Waals surface area contributed by atoms with E-state index in [-0.39, 0.29) is 78.4 Å². The zero-order valence-electron chi connectivity index (χ0n) is 71.7. The van der Waals surface area contributed by atoms with Crippen molar-refractivity contribution in [3.63, 3.8) is 0 Å². The number of rotatable bonds is 16. The van der Waals surface area contributed by atoms with Gasteiger partial charge >= 0.3 is 0 Å². The largest absolute Gasteiger partial charge is 0.444 e. The third-order valence-electron chi connectivity index (χ3n) is 22.9. The highest BCUT2D eigenvalue weighted by atomic mass is 32.1. The van der Waals surface area contributed by atoms with Crippen LogP contribution in [0, 0.1) is 70.6 Å². The van der Waals surface area contributed by atoms with Crippen molar-refractivity contribution in [3.8, 4) is 67.8 Å². The lowest BCUT2D eigenvalue weighted by molar-refractivity contribution is -0.132. The Kier molecular flexibility index (Phi) is 25.9. The van der Waals surface area contributed by atoms with Crippen LogP contribution in [-0.4, -0.2) is 134 Å². The summed E-state index contributed by atoms with van der Waals surface area (Å²) >= 11 is 4.85. The number of hydrogen-bond acceptors (Lipinski definition) is 17. The Morgan fingerprint density at radius 1 is 0.318 bits per heavy atom. The third-order valence-corrected chi connectivity index (χ3v) is 26.0. The molecule has 0 atom stereocenters. The summed E-state index contributed by atoms with van der Waals surface area (Å²) in [7, 11) is 0. The summed E-state index contributed by atoms with van der Waals surface area (Å²) in [6, 6.07) is 55.1. The predicted molar refractivity (Wildman–Crippen MR) is 488 cm³/mol. The van der Waals surface area contributed by atoms with Crippen molar-refractivity contribution in [2.24, 2.45) is 0 Å². The van der Waals surface area contributed by atoms with E-state index in [1.54, 1.807) is 104 Å². The molecule has 4 aliphatic heterocycles. The van der Waals surface area contributed by atoms with E-state index in [1.165, 1.54) is 82.4 Å². The first-order valence-electron chi connectivity index (χ1n) is 42.4. The third kappa shape index (κ3) is 20.7. The lowest BCUT2D eigenvalue weighted by atomic mass is 10.1. The number of carbonyl (C=O) groups excluding carboxylic acids is 4. The van der Waals surface area contributed by atoms with E-state index in [0.717, 1.165) is 135 Å². The summed E-state index contributed by atoms with van der Waals surface area (Å²) in [5.74, 6) is 2.20. The molecular formula is C99H90F5N17O5S3. The van der Waals surface area contributed by atoms with Gasteiger partial charge in [0.2, 0.25) is 23.6 Å². The fraction of sp³-hybridized carbons (Fsp3) is 0.232. The number of nitrogens with zero attached hydrogens (tertiary/aromatic N) is 16. The maximum Gasteiger partial charge on any atom is 0.230 e. The number of fused-ring (bicyclic) bond motifs is 4. The second-order valence-electron chi connectivity index (χ2n) is 32.2. The molecule has 8 aromatic heterocycles. The highest BCUT2D eigenvalue weighted by Gasteiger charge is 2.32. The summed E-state index contributed by atoms with van der Waals surface area (Å²) in [5, 5.41) is 2.68. The van der Waals surface area contributed by atoms with Crippen molar-refractivity contribution in [1.29, 1.82) is 0 Å². The van der Waals surface area contributed by atoms with Gasteiger partial charge in [0, 0.05) is 156 Å². The number of halogens is 5. The van der Waals surface area contributed by atoms with Crippen LogP contribution in [0.2, 0.25) is 0 Å². The zero-order valence-corrected chi connectivity index (χ0v) is 74.1. The molecular weight excluding hydrogens is 1700 g/mol. The number of hydrogen-bond donors (Lipinski definition) is 1. The number of aryl methyl sites for hydroxylation is 6. The molecule has 129 heavy (non-hydrogen) atoms. The fourth-order valence-electron chi connectivity index (χ4n) is 16.1. The minimum atomic E-state index is -0.341. The van der Waals surface area contributed by atoms with Crippen molar-refractivity contribution in [1.82, 2.24) is 77.7 Å². The Bertz CT molecular complexity index is 6460. The first-order chi connectivity index (χ1) is 62.3. The molecule has 2 N–H and O–H groups in total. The molecule has 8 aromatic carbocycles. The SMILES string of the molecule is Cc1ccc(-c2cn(-c3ccc(F)cc3)c(CC(=O)N3CCc4nc(C)oc4C3)n2)cc1.Cc1ccc(-c2cn(-c3ccc(F)cc3)c(CC(=O)N3CCc4nc(C)sc4CC3)n2)cc1.Cc1ccc(-c2cn(-c3ccc(F)cc3)c(CC(=O)N3CCc4nc(N)sc4CC3)n2)cc1.Cc1nc2c(s1)CN(C(=O)Cc1nc(-c3ccc(F)cc3)cn1-c1ccc(F)cc1)C2. The summed E-state index contributed by atoms with van der Waals surface area (Å²) < 4.78 is 80.4. The van der Waals surface area contributed by atoms with Crippen LogP contribution in [0.1, 0.15) is 99.1 Å². The molecule has 0 radical (unpaired) electrons. The number of benzene rings is 8. The quantitative estimate of drug-likeness (QED) is 0.0885. The summed E-state index contributed by atoms with van der Waals surface area (Å²) in [4.78, 5) is 101. The monoisotopic (exact) mass is 1790 g/mol. The molecule has 30 heteroatoms. The van der Waals surface area contributed by atoms with E-state index in [1.807, 2.05) is 156 Å². The van der Waals surface area contributed by atoms with Gasteiger partial charge in [0.15, 0.2) is 11.0 Å². The van der Waals surface area contributed by atoms with Crippen molar-refractivity contribution < 1.29 is 45.5 Å². The summed E-state index contributed by atoms with van der Waals surface area (Å²) in [6.07, 6.45) is 11.9. The molecule has 22 nitrogen and oxygen atoms in total. The van der Waals surface area contributed by atoms with E-state index in [9.17, 15) is 41.1 Å². The van der Waals surface area contributed by atoms with Gasteiger partial charge in [-0.1, -0.05) is 89.5 Å². The number of nitrogens with two attached hydrogens (primary N) is 1. The molecule has 0 fully saturated rings. The average molecular weight is 1790 g/mol. The van der Waals surface area contributed by atoms with Gasteiger partial charge in [0.25, 0.3) is 0 Å². The first kappa shape index (κ1) is 87.1. The van der Waals surface area contributed by atoms with Crippen LogP contribution in [0.5, 0.6) is 0 Å². The number of imidazole rings is 4. The molecule has 20 rings (SSSR count). The van der Waals surface area contributed by atoms with Gasteiger partial charge in [-0.2, -0.15) is 0 Å². The normalized spacial score (nSPS) is 13.4. The van der Waals surface area contributed by atoms with Gasteiger partial charge in [0.1, 0.15) is 58.1 Å². The van der Waals surface area contributed by atoms with E-state index in [0.29, 0.717) is 111 Å². The number of amides is 4. The van der Waals surface area contributed by atoms with Crippen LogP contribution < -0.4 is 5.73 Å². The lowest BCUT2D eigenvalue weighted by Gasteiger charge is -2.25. The number of nitrogen functional groups attached to an aromatic ring is 1. The van der Waals surface area contributed by atoms with Crippen LogP contribution >= 0.6 is 34.0 Å². The Hall–Kier alpha value is -14.0. The molecule has 0 unspecified atom stereocenters. The smallest absolute Gasteiger partial charge is 0.230 e. The van der Waals surface area contributed by atoms with Gasteiger partial charge in [-0.3, -0.25) is 19.2 Å². The lowest BCUT2D eigenvalue weighted by Crippen LogP contribution is -2.37. The van der Waals surface area contributed by atoms with Crippen molar-refractivity contribution >= 4 is 62.8 Å². The van der Waals surface area contributed by atoms with Gasteiger partial charge in [-0.05, 0) is 156 Å². The molecule has 4 amide bonds. The Morgan fingerprint density at radius 3 is 1.00 bits per heavy atom. The first-order valence-corrected chi connectivity index (χ1v) is 44.8. The summed E-state index contributed by atoms with van der Waals surface area (Å²) in [6.45, 7) is 16.6. The molecule has 0 aliphatic carbocycles. The second kappa shape index (κ2) is 38.3. The van der Waals surface area contributed by atoms with Crippen LogP contribution in [0.3, 0.4) is 0 Å². The molecule has 0 bridgehead atoms. The van der Waals surface area contributed by atoms with E-state index in [2.05, 4.69) is 24.9 Å². The minimum Gasteiger partial charge on any atom is -0.444 e. The molecule has 16 aromatic rings. The van der Waals surface area contributed by atoms with Crippen LogP contribution in [0.4, 0.5) is 27.1 Å². The Morgan fingerprint density at radius 2 is 0.620 bits per heavy atom. The highest BCUT2D eigenvalue weighted by Crippen LogP contribution is 2.34. The number of thiazole rings is 3. The fourth-order valence-corrected chi connectivity index (χ4v) is 18.9. The number of oxazole rings is 1. The average Bonchev–Trinajstić information content (AvgIpc) is 1.63. The zero-order chi connectivity index (χ0) is 89.7. The molecule has 0 saturated heterocycles. The predicted octanol–water partition coefficient (Wildman–Crippen LogP) is 18.2. The van der Waals surface area contributed by atoms with Crippen molar-refractivity contribution in [3.05, 3.63) is 347 Å². The molecule has 4 aliphatic rings. The van der Waals surface area contributed by atoms with Crippen molar-refractivity contribution in [2.75, 3.05) is 38.5 Å². The number of carbonyl (C=O) groups is 4. The van der Waals surface area contributed by atoms with E-state index in [4.69, 9.17) is 25.1 Å². The second-order valence-corrected chi connectivity index (χ2v) is 35.9. The molecule has 654 valence electrons. The van der Waals surface area contributed by atoms with Gasteiger partial charge < -0.3 is 48.0 Å². The van der Waals surface area contributed by atoms with Gasteiger partial charge in [-0.25, -0.2) is 61.8 Å². The standard InChI is InChI=1S/C26H25FN4OS.C25H24FN5OS.C25H23FN4O2.C23H18F2N4OS/c1-17-3-5-19(6-4-17)23-16-31(21-9-7-20(27)8-10-21)25(29-23)15-26(32)30-13-11-22-24(12-14-30)33-18(2)28-22;1-16-2-4-17(5-3-16)21-15-31(19-8-6-18(26)7-9-19)23(28-21)14-24(32)30-12-10-20-22(11-13-30)33-25(27)29-20;1-16-3-5-18(6-4-16)22-14-30(20-9-7-19(26)8-10-20)24(28-22)13-25(31)29-12-11-21-23(15-29)32-17(2)27-21;1-14-26-20-11-28(13-21(20)31-14)23(30)10-22-27-19(15-2-4-16(24)5-3-15)12-29(22)18-8-6-17(25)7-9-18/h3-10,16H,11-15H2,1-2H3;2-9,15H,10-14H2,1H3,(H2,27,29);3-10,14H,11-13,15H2,1-2H3;2-9,12H,10-11,13H2,1H3. The Labute approximate surface area is 753 Å². The molecule has 12 heterocycles. The minimum absolute atomic E-state index is 0.0162. The Balaban J connectivity index is 0.000000121. The van der Waals surface area contributed by atoms with E-state index < -0.39 is 0 Å². The maximum absolute atomic E-state index is 13.5.